The highest BCUT2D eigenvalue weighted by molar-refractivity contribution is 7.99. The number of amides is 1. The third-order valence-corrected chi connectivity index (χ3v) is 4.13. The molecule has 3 aromatic rings. The fourth-order valence-electron chi connectivity index (χ4n) is 1.83. The van der Waals surface area contributed by atoms with Gasteiger partial charge in [0.1, 0.15) is 12.1 Å². The van der Waals surface area contributed by atoms with Crippen LogP contribution >= 0.6 is 23.4 Å². The first kappa shape index (κ1) is 15.6. The number of halogens is 1. The molecule has 3 aromatic heterocycles. The van der Waals surface area contributed by atoms with Crippen LogP contribution in [0, 0.1) is 0 Å². The summed E-state index contributed by atoms with van der Waals surface area (Å²) in [5, 5.41) is 11.5. The molecule has 7 nitrogen and oxygen atoms in total. The molecule has 0 atom stereocenters. The second kappa shape index (κ2) is 7.30. The summed E-state index contributed by atoms with van der Waals surface area (Å²) in [4.78, 5) is 15.9. The van der Waals surface area contributed by atoms with Crippen LogP contribution in [0.25, 0.3) is 0 Å². The van der Waals surface area contributed by atoms with E-state index in [9.17, 15) is 4.79 Å². The van der Waals surface area contributed by atoms with Crippen LogP contribution in [0.2, 0.25) is 5.15 Å². The predicted octanol–water partition coefficient (Wildman–Crippen LogP) is 2.70. The van der Waals surface area contributed by atoms with Crippen molar-refractivity contribution in [2.24, 2.45) is 0 Å². The Hall–Kier alpha value is -2.32. The molecular formula is C14H12ClN5O2S. The maximum atomic E-state index is 12.0. The number of furan rings is 1. The van der Waals surface area contributed by atoms with E-state index in [0.29, 0.717) is 17.4 Å². The van der Waals surface area contributed by atoms with Crippen molar-refractivity contribution in [1.29, 1.82) is 0 Å². The van der Waals surface area contributed by atoms with E-state index in [1.54, 1.807) is 30.9 Å². The lowest BCUT2D eigenvalue weighted by Gasteiger charge is -2.06. The normalized spacial score (nSPS) is 10.7. The Balaban J connectivity index is 1.57. The zero-order valence-corrected chi connectivity index (χ0v) is 13.4. The quantitative estimate of drug-likeness (QED) is 0.544. The Labute approximate surface area is 141 Å². The first-order chi connectivity index (χ1) is 11.2. The van der Waals surface area contributed by atoms with E-state index in [0.717, 1.165) is 5.76 Å². The van der Waals surface area contributed by atoms with E-state index >= 15 is 0 Å². The third-order valence-electron chi connectivity index (χ3n) is 2.85. The fourth-order valence-corrected chi connectivity index (χ4v) is 2.71. The second-order valence-electron chi connectivity index (χ2n) is 4.50. The molecule has 23 heavy (non-hydrogen) atoms. The number of carbonyl (C=O) groups is 1. The molecule has 0 aliphatic carbocycles. The van der Waals surface area contributed by atoms with Crippen LogP contribution in [0.3, 0.4) is 0 Å². The van der Waals surface area contributed by atoms with Gasteiger partial charge in [-0.3, -0.25) is 4.79 Å². The molecule has 0 fully saturated rings. The van der Waals surface area contributed by atoms with Crippen LogP contribution in [0.4, 0.5) is 5.69 Å². The fraction of sp³-hybridized carbons (Fsp3) is 0.143. The molecule has 3 heterocycles. The van der Waals surface area contributed by atoms with E-state index in [1.807, 2.05) is 16.7 Å². The molecular weight excluding hydrogens is 338 g/mol. The van der Waals surface area contributed by atoms with Gasteiger partial charge in [0.25, 0.3) is 0 Å². The number of hydrogen-bond acceptors (Lipinski definition) is 6. The average molecular weight is 350 g/mol. The zero-order valence-electron chi connectivity index (χ0n) is 11.8. The molecule has 1 amide bonds. The molecule has 1 N–H and O–H groups in total. The molecule has 0 aliphatic rings. The smallest absolute Gasteiger partial charge is 0.234 e. The highest BCUT2D eigenvalue weighted by Crippen LogP contribution is 2.20. The van der Waals surface area contributed by atoms with Crippen molar-refractivity contribution in [2.45, 2.75) is 11.7 Å². The molecule has 118 valence electrons. The predicted molar refractivity (Wildman–Crippen MR) is 86.4 cm³/mol. The van der Waals surface area contributed by atoms with Crippen molar-refractivity contribution in [3.63, 3.8) is 0 Å². The monoisotopic (exact) mass is 349 g/mol. The van der Waals surface area contributed by atoms with Gasteiger partial charge in [-0.2, -0.15) is 0 Å². The number of rotatable bonds is 6. The number of anilines is 1. The van der Waals surface area contributed by atoms with Gasteiger partial charge in [0.05, 0.1) is 24.2 Å². The summed E-state index contributed by atoms with van der Waals surface area (Å²) in [6, 6.07) is 7.08. The SMILES string of the molecule is O=C(CSc1nncn1Cc1ccco1)Nc1cccnc1Cl. The lowest BCUT2D eigenvalue weighted by Crippen LogP contribution is -2.15. The third kappa shape index (κ3) is 4.11. The van der Waals surface area contributed by atoms with Gasteiger partial charge < -0.3 is 14.3 Å². The number of carbonyl (C=O) groups excluding carboxylic acids is 1. The second-order valence-corrected chi connectivity index (χ2v) is 5.80. The molecule has 3 rings (SSSR count). The van der Waals surface area contributed by atoms with E-state index in [2.05, 4.69) is 20.5 Å². The maximum absolute atomic E-state index is 12.0. The summed E-state index contributed by atoms with van der Waals surface area (Å²) >= 11 is 7.18. The Morgan fingerprint density at radius 2 is 2.30 bits per heavy atom. The summed E-state index contributed by atoms with van der Waals surface area (Å²) in [5.41, 5.74) is 0.483. The van der Waals surface area contributed by atoms with Crippen LogP contribution in [0.1, 0.15) is 5.76 Å². The molecule has 0 radical (unpaired) electrons. The minimum atomic E-state index is -0.197. The Morgan fingerprint density at radius 1 is 1.39 bits per heavy atom. The van der Waals surface area contributed by atoms with E-state index in [1.165, 1.54) is 11.8 Å². The molecule has 0 aliphatic heterocycles. The van der Waals surface area contributed by atoms with E-state index in [4.69, 9.17) is 16.0 Å². The van der Waals surface area contributed by atoms with Gasteiger partial charge in [-0.15, -0.1) is 10.2 Å². The number of thioether (sulfide) groups is 1. The molecule has 0 spiro atoms. The molecule has 0 saturated carbocycles. The Bertz CT molecular complexity index is 790. The molecule has 0 unspecified atom stereocenters. The van der Waals surface area contributed by atoms with Gasteiger partial charge in [-0.05, 0) is 24.3 Å². The highest BCUT2D eigenvalue weighted by Gasteiger charge is 2.11. The topological polar surface area (TPSA) is 85.8 Å². The van der Waals surface area contributed by atoms with Crippen molar-refractivity contribution in [3.05, 3.63) is 54.0 Å². The number of nitrogens with zero attached hydrogens (tertiary/aromatic N) is 4. The van der Waals surface area contributed by atoms with E-state index < -0.39 is 0 Å². The Morgan fingerprint density at radius 3 is 3.09 bits per heavy atom. The molecule has 9 heteroatoms. The first-order valence-electron chi connectivity index (χ1n) is 6.66. The van der Waals surface area contributed by atoms with Crippen molar-refractivity contribution in [1.82, 2.24) is 19.7 Å². The van der Waals surface area contributed by atoms with Crippen LogP contribution in [-0.2, 0) is 11.3 Å². The van der Waals surface area contributed by atoms with Crippen molar-refractivity contribution in [2.75, 3.05) is 11.1 Å². The van der Waals surface area contributed by atoms with Crippen molar-refractivity contribution in [3.8, 4) is 0 Å². The lowest BCUT2D eigenvalue weighted by atomic mass is 10.4. The maximum Gasteiger partial charge on any atom is 0.234 e. The first-order valence-corrected chi connectivity index (χ1v) is 8.02. The number of nitrogens with one attached hydrogen (secondary N) is 1. The van der Waals surface area contributed by atoms with Crippen molar-refractivity contribution >= 4 is 35.0 Å². The average Bonchev–Trinajstić information content (AvgIpc) is 3.20. The van der Waals surface area contributed by atoms with Gasteiger partial charge in [-0.25, -0.2) is 4.98 Å². The minimum Gasteiger partial charge on any atom is -0.467 e. The largest absolute Gasteiger partial charge is 0.467 e. The zero-order chi connectivity index (χ0) is 16.1. The highest BCUT2D eigenvalue weighted by atomic mass is 35.5. The van der Waals surface area contributed by atoms with Gasteiger partial charge >= 0.3 is 0 Å². The Kier molecular flexibility index (Phi) is 4.94. The lowest BCUT2D eigenvalue weighted by molar-refractivity contribution is -0.113. The molecule has 0 saturated heterocycles. The summed E-state index contributed by atoms with van der Waals surface area (Å²) in [5.74, 6) is 0.776. The summed E-state index contributed by atoms with van der Waals surface area (Å²) in [6.07, 6.45) is 4.77. The van der Waals surface area contributed by atoms with Gasteiger partial charge in [-0.1, -0.05) is 23.4 Å². The van der Waals surface area contributed by atoms with Crippen LogP contribution in [-0.4, -0.2) is 31.4 Å². The van der Waals surface area contributed by atoms with Crippen molar-refractivity contribution < 1.29 is 9.21 Å². The van der Waals surface area contributed by atoms with Crippen LogP contribution < -0.4 is 5.32 Å². The molecule has 0 bridgehead atoms. The number of pyridine rings is 1. The number of aromatic nitrogens is 4. The summed E-state index contributed by atoms with van der Waals surface area (Å²) in [7, 11) is 0. The molecule has 0 aromatic carbocycles. The summed E-state index contributed by atoms with van der Waals surface area (Å²) < 4.78 is 7.11. The van der Waals surface area contributed by atoms with Gasteiger partial charge in [0.2, 0.25) is 5.91 Å². The van der Waals surface area contributed by atoms with Gasteiger partial charge in [0.15, 0.2) is 10.3 Å². The van der Waals surface area contributed by atoms with Crippen LogP contribution in [0.15, 0.2) is 52.6 Å². The standard InChI is InChI=1S/C14H12ClN5O2S/c15-13-11(4-1-5-16-13)18-12(21)8-23-14-19-17-9-20(14)7-10-3-2-6-22-10/h1-6,9H,7-8H2,(H,18,21). The van der Waals surface area contributed by atoms with Gasteiger partial charge in [0, 0.05) is 6.20 Å². The number of hydrogen-bond donors (Lipinski definition) is 1. The van der Waals surface area contributed by atoms with E-state index in [-0.39, 0.29) is 16.8 Å². The summed E-state index contributed by atoms with van der Waals surface area (Å²) in [6.45, 7) is 0.512. The van der Waals surface area contributed by atoms with Crippen LogP contribution in [0.5, 0.6) is 0 Å². The minimum absolute atomic E-state index is 0.183.